The third kappa shape index (κ3) is 4.62. The number of ether oxygens (including phenoxy) is 2. The molecular weight excluding hydrogens is 413 g/mol. The Morgan fingerprint density at radius 3 is 2.39 bits per heavy atom. The highest BCUT2D eigenvalue weighted by Crippen LogP contribution is 2.39. The lowest BCUT2D eigenvalue weighted by Crippen LogP contribution is -2.46. The lowest BCUT2D eigenvalue weighted by Gasteiger charge is -2.35. The highest BCUT2D eigenvalue weighted by molar-refractivity contribution is 5.42. The summed E-state index contributed by atoms with van der Waals surface area (Å²) in [6, 6.07) is 5.61. The number of halogens is 3. The number of nitrogens with zero attached hydrogens (tertiary/aromatic N) is 5. The van der Waals surface area contributed by atoms with Gasteiger partial charge >= 0.3 is 12.4 Å². The Balaban J connectivity index is 1.55. The van der Waals surface area contributed by atoms with Crippen LogP contribution >= 0.6 is 0 Å². The van der Waals surface area contributed by atoms with E-state index in [1.165, 1.54) is 22.9 Å². The molecule has 1 aromatic heterocycles. The van der Waals surface area contributed by atoms with Crippen molar-refractivity contribution in [2.24, 2.45) is 11.8 Å². The third-order valence-corrected chi connectivity index (χ3v) is 5.64. The number of benzene rings is 1. The minimum atomic E-state index is -4.84. The second-order valence-electron chi connectivity index (χ2n) is 8.13. The molecule has 2 aromatic rings. The van der Waals surface area contributed by atoms with Crippen LogP contribution in [-0.2, 0) is 0 Å². The molecule has 2 fully saturated rings. The number of anilines is 1. The maximum absolute atomic E-state index is 12.7. The van der Waals surface area contributed by atoms with Gasteiger partial charge in [-0.05, 0) is 50.7 Å². The fourth-order valence-electron chi connectivity index (χ4n) is 4.31. The van der Waals surface area contributed by atoms with E-state index >= 15 is 0 Å². The van der Waals surface area contributed by atoms with Gasteiger partial charge in [-0.3, -0.25) is 0 Å². The van der Waals surface area contributed by atoms with Crippen molar-refractivity contribution < 1.29 is 22.6 Å². The molecule has 31 heavy (non-hydrogen) atoms. The SMILES string of the molecule is CC(C)n1nc(NC2[C@@H]3CC[C@H]2CN(C#N)C3)nc1Oc1ccccc1OC(F)(F)F. The van der Waals surface area contributed by atoms with Crippen molar-refractivity contribution in [3.8, 4) is 23.7 Å². The van der Waals surface area contributed by atoms with Crippen LogP contribution in [0.2, 0.25) is 0 Å². The number of nitrogens with one attached hydrogen (secondary N) is 1. The molecule has 0 spiro atoms. The van der Waals surface area contributed by atoms with Crippen molar-refractivity contribution >= 4 is 5.95 Å². The number of piperidine rings is 1. The van der Waals surface area contributed by atoms with Crippen LogP contribution in [0.4, 0.5) is 19.1 Å². The smallest absolute Gasteiger partial charge is 0.420 e. The molecule has 2 heterocycles. The molecule has 1 unspecified atom stereocenters. The highest BCUT2D eigenvalue weighted by atomic mass is 19.4. The monoisotopic (exact) mass is 436 g/mol. The van der Waals surface area contributed by atoms with Crippen molar-refractivity contribution in [2.45, 2.75) is 45.1 Å². The molecule has 166 valence electrons. The molecule has 11 heteroatoms. The van der Waals surface area contributed by atoms with Gasteiger partial charge in [0, 0.05) is 19.1 Å². The van der Waals surface area contributed by atoms with Crippen molar-refractivity contribution in [1.82, 2.24) is 19.7 Å². The maximum atomic E-state index is 12.7. The zero-order valence-electron chi connectivity index (χ0n) is 17.1. The number of fused-ring (bicyclic) bond motifs is 2. The van der Waals surface area contributed by atoms with Gasteiger partial charge in [-0.2, -0.15) is 10.2 Å². The first-order valence-corrected chi connectivity index (χ1v) is 10.1. The Bertz CT molecular complexity index is 957. The Labute approximate surface area is 177 Å². The molecule has 1 saturated carbocycles. The van der Waals surface area contributed by atoms with E-state index in [0.717, 1.165) is 12.8 Å². The quantitative estimate of drug-likeness (QED) is 0.681. The van der Waals surface area contributed by atoms with Crippen LogP contribution < -0.4 is 14.8 Å². The molecule has 1 aliphatic heterocycles. The van der Waals surface area contributed by atoms with Crippen LogP contribution in [-0.4, -0.2) is 45.2 Å². The van der Waals surface area contributed by atoms with Crippen molar-refractivity contribution in [3.63, 3.8) is 0 Å². The molecule has 2 aliphatic rings. The number of rotatable bonds is 6. The minimum Gasteiger partial charge on any atom is -0.420 e. The molecule has 0 radical (unpaired) electrons. The third-order valence-electron chi connectivity index (χ3n) is 5.64. The van der Waals surface area contributed by atoms with Crippen molar-refractivity contribution in [2.75, 3.05) is 18.4 Å². The van der Waals surface area contributed by atoms with Crippen LogP contribution in [0.5, 0.6) is 17.5 Å². The van der Waals surface area contributed by atoms with Crippen molar-refractivity contribution in [3.05, 3.63) is 24.3 Å². The summed E-state index contributed by atoms with van der Waals surface area (Å²) in [7, 11) is 0. The molecule has 1 aliphatic carbocycles. The summed E-state index contributed by atoms with van der Waals surface area (Å²) in [6.45, 7) is 5.14. The second kappa shape index (κ2) is 8.17. The van der Waals surface area contributed by atoms with E-state index in [4.69, 9.17) is 4.74 Å². The van der Waals surface area contributed by atoms with Gasteiger partial charge < -0.3 is 19.7 Å². The summed E-state index contributed by atoms with van der Waals surface area (Å²) < 4.78 is 49.4. The predicted molar refractivity (Wildman–Crippen MR) is 104 cm³/mol. The largest absolute Gasteiger partial charge is 0.573 e. The first-order chi connectivity index (χ1) is 14.7. The average molecular weight is 436 g/mol. The van der Waals surface area contributed by atoms with Gasteiger partial charge in [0.1, 0.15) is 0 Å². The maximum Gasteiger partial charge on any atom is 0.573 e. The van der Waals surface area contributed by atoms with Crippen LogP contribution in [0.1, 0.15) is 32.7 Å². The van der Waals surface area contributed by atoms with Crippen LogP contribution in [0, 0.1) is 23.3 Å². The topological polar surface area (TPSA) is 88.2 Å². The van der Waals surface area contributed by atoms with Crippen LogP contribution in [0.25, 0.3) is 0 Å². The number of hydrogen-bond acceptors (Lipinski definition) is 7. The first kappa shape index (κ1) is 21.1. The number of para-hydroxylation sites is 2. The van der Waals surface area contributed by atoms with E-state index in [-0.39, 0.29) is 23.8 Å². The highest BCUT2D eigenvalue weighted by Gasteiger charge is 2.42. The summed E-state index contributed by atoms with van der Waals surface area (Å²) in [5.74, 6) is 0.419. The lowest BCUT2D eigenvalue weighted by molar-refractivity contribution is -0.275. The zero-order valence-corrected chi connectivity index (χ0v) is 17.1. The zero-order chi connectivity index (χ0) is 22.2. The van der Waals surface area contributed by atoms with Gasteiger partial charge in [-0.15, -0.1) is 18.3 Å². The molecule has 1 aromatic carbocycles. The van der Waals surface area contributed by atoms with Gasteiger partial charge in [0.15, 0.2) is 17.7 Å². The lowest BCUT2D eigenvalue weighted by atomic mass is 9.92. The minimum absolute atomic E-state index is 0.0672. The Kier molecular flexibility index (Phi) is 5.56. The average Bonchev–Trinajstić information content (AvgIpc) is 3.19. The van der Waals surface area contributed by atoms with E-state index in [9.17, 15) is 18.4 Å². The van der Waals surface area contributed by atoms with Crippen molar-refractivity contribution in [1.29, 1.82) is 5.26 Å². The summed E-state index contributed by atoms with van der Waals surface area (Å²) in [6.07, 6.45) is -0.564. The van der Waals surface area contributed by atoms with E-state index in [1.807, 2.05) is 13.8 Å². The Morgan fingerprint density at radius 1 is 1.16 bits per heavy atom. The van der Waals surface area contributed by atoms with E-state index in [1.54, 1.807) is 11.0 Å². The Morgan fingerprint density at radius 2 is 1.81 bits per heavy atom. The summed E-state index contributed by atoms with van der Waals surface area (Å²) >= 11 is 0. The van der Waals surface area contributed by atoms with Gasteiger partial charge in [0.05, 0.1) is 6.04 Å². The van der Waals surface area contributed by atoms with Crippen LogP contribution in [0.3, 0.4) is 0 Å². The summed E-state index contributed by atoms with van der Waals surface area (Å²) in [5.41, 5.74) is 0. The van der Waals surface area contributed by atoms with Gasteiger partial charge in [0.25, 0.3) is 0 Å². The van der Waals surface area contributed by atoms with Gasteiger partial charge in [-0.1, -0.05) is 12.1 Å². The molecule has 8 nitrogen and oxygen atoms in total. The van der Waals surface area contributed by atoms with E-state index in [0.29, 0.717) is 30.9 Å². The molecule has 1 N–H and O–H groups in total. The number of aromatic nitrogens is 3. The number of likely N-dealkylation sites (tertiary alicyclic amines) is 1. The van der Waals surface area contributed by atoms with Crippen LogP contribution in [0.15, 0.2) is 24.3 Å². The predicted octanol–water partition coefficient (Wildman–Crippen LogP) is 4.15. The normalized spacial score (nSPS) is 23.0. The first-order valence-electron chi connectivity index (χ1n) is 10.1. The molecule has 2 bridgehead atoms. The number of hydrogen-bond donors (Lipinski definition) is 1. The van der Waals surface area contributed by atoms with E-state index < -0.39 is 12.1 Å². The van der Waals surface area contributed by atoms with E-state index in [2.05, 4.69) is 26.3 Å². The molecule has 1 saturated heterocycles. The molecule has 3 atom stereocenters. The summed E-state index contributed by atoms with van der Waals surface area (Å²) in [4.78, 5) is 6.18. The number of nitriles is 1. The van der Waals surface area contributed by atoms with Gasteiger partial charge in [0.2, 0.25) is 5.95 Å². The molecule has 4 rings (SSSR count). The number of alkyl halides is 3. The molecular formula is C20H23F3N6O2. The standard InChI is InChI=1S/C20H23F3N6O2/c1-12(2)29-19(30-15-5-3-4-6-16(15)31-20(21,22)23)26-18(27-29)25-17-13-7-8-14(17)10-28(9-13)11-24/h3-6,12-14,17H,7-10H2,1-2H3,(H,25,27)/t13-,14+,17?. The second-order valence-corrected chi connectivity index (χ2v) is 8.13. The van der Waals surface area contributed by atoms with Gasteiger partial charge in [-0.25, -0.2) is 4.68 Å². The fourth-order valence-corrected chi connectivity index (χ4v) is 4.31. The fraction of sp³-hybridized carbons (Fsp3) is 0.550. The molecule has 0 amide bonds. The summed E-state index contributed by atoms with van der Waals surface area (Å²) in [5, 5.41) is 17.0. The Hall–Kier alpha value is -3.16.